The third kappa shape index (κ3) is 8.74. The Labute approximate surface area is 240 Å². The largest absolute Gasteiger partial charge is 0.471 e. The van der Waals surface area contributed by atoms with Crippen LogP contribution in [-0.4, -0.2) is 66.1 Å². The van der Waals surface area contributed by atoms with Crippen LogP contribution in [0.25, 0.3) is 0 Å². The Balaban J connectivity index is 1.42. The van der Waals surface area contributed by atoms with Crippen LogP contribution in [0.15, 0.2) is 46.1 Å². The van der Waals surface area contributed by atoms with Crippen molar-refractivity contribution in [3.8, 4) is 0 Å². The molecule has 2 saturated heterocycles. The molecule has 0 radical (unpaired) electrons. The Morgan fingerprint density at radius 3 is 2.64 bits per heavy atom. The maximum Gasteiger partial charge on any atom is 0.471 e. The minimum absolute atomic E-state index is 0.0378. The third-order valence-electron chi connectivity index (χ3n) is 6.97. The molecule has 4 rings (SSSR count). The first kappa shape index (κ1) is 31.9. The van der Waals surface area contributed by atoms with Gasteiger partial charge in [-0.25, -0.2) is 9.36 Å². The Morgan fingerprint density at radius 1 is 1.14 bits per heavy atom. The predicted octanol–water partition coefficient (Wildman–Crippen LogP) is 2.78. The van der Waals surface area contributed by atoms with Gasteiger partial charge in [-0.05, 0) is 38.2 Å². The molecule has 1 aromatic heterocycles. The summed E-state index contributed by atoms with van der Waals surface area (Å²) in [5, 5.41) is 1.81. The van der Waals surface area contributed by atoms with E-state index in [0.717, 1.165) is 29.4 Å². The molecule has 0 bridgehead atoms. The maximum absolute atomic E-state index is 13.4. The summed E-state index contributed by atoms with van der Waals surface area (Å²) in [5.41, 5.74) is 0.106. The molecule has 2 aliphatic heterocycles. The van der Waals surface area contributed by atoms with Crippen LogP contribution in [0, 0.1) is 6.92 Å². The molecule has 232 valence electrons. The van der Waals surface area contributed by atoms with Crippen LogP contribution in [-0.2, 0) is 41.8 Å². The molecule has 0 spiro atoms. The average Bonchev–Trinajstić information content (AvgIpc) is 3.38. The Kier molecular flexibility index (Phi) is 11.3. The van der Waals surface area contributed by atoms with Gasteiger partial charge in [-0.2, -0.15) is 13.2 Å². The number of amides is 1. The highest BCUT2D eigenvalue weighted by Gasteiger charge is 2.39. The standard InChI is InChI=1S/C28H36F3N3O8/c1-19-15-33(27(37)34(25(19)35)18-38-16-20-8-3-2-4-9-20)23-14-21(39-13-7-11-32-26(36)28(29,30)31)22(42-23)17-41-24-10-5-6-12-40-24/h2-4,8-9,15,21-24H,5-7,10-14,16-18H2,1H3,(H,32,36)/t21-,22+,23+,24?/m0/s1. The molecule has 2 fully saturated rings. The van der Waals surface area contributed by atoms with Gasteiger partial charge >= 0.3 is 17.8 Å². The smallest absolute Gasteiger partial charge is 0.375 e. The Hall–Kier alpha value is -3.04. The van der Waals surface area contributed by atoms with Crippen molar-refractivity contribution in [2.45, 2.75) is 83.3 Å². The highest BCUT2D eigenvalue weighted by molar-refractivity contribution is 5.81. The lowest BCUT2D eigenvalue weighted by Crippen LogP contribution is -2.42. The maximum atomic E-state index is 13.4. The normalized spacial score (nSPS) is 22.8. The van der Waals surface area contributed by atoms with Gasteiger partial charge in [0.25, 0.3) is 5.56 Å². The second-order valence-corrected chi connectivity index (χ2v) is 10.2. The molecule has 11 nitrogen and oxygen atoms in total. The summed E-state index contributed by atoms with van der Waals surface area (Å²) in [6, 6.07) is 9.33. The molecule has 0 aliphatic carbocycles. The van der Waals surface area contributed by atoms with E-state index in [1.807, 2.05) is 35.6 Å². The zero-order chi connectivity index (χ0) is 30.1. The second-order valence-electron chi connectivity index (χ2n) is 10.2. The van der Waals surface area contributed by atoms with Crippen molar-refractivity contribution in [1.29, 1.82) is 0 Å². The summed E-state index contributed by atoms with van der Waals surface area (Å²) in [6.45, 7) is 2.05. The monoisotopic (exact) mass is 599 g/mol. The number of alkyl halides is 3. The van der Waals surface area contributed by atoms with Crippen molar-refractivity contribution in [1.82, 2.24) is 14.5 Å². The van der Waals surface area contributed by atoms with Crippen LogP contribution in [0.5, 0.6) is 0 Å². The van der Waals surface area contributed by atoms with E-state index in [9.17, 15) is 27.6 Å². The molecule has 1 aromatic carbocycles. The Bertz CT molecular complexity index is 1280. The van der Waals surface area contributed by atoms with E-state index >= 15 is 0 Å². The van der Waals surface area contributed by atoms with Crippen molar-refractivity contribution in [2.75, 3.05) is 26.4 Å². The average molecular weight is 600 g/mol. The first-order valence-corrected chi connectivity index (χ1v) is 13.9. The minimum Gasteiger partial charge on any atom is -0.375 e. The van der Waals surface area contributed by atoms with Crippen LogP contribution >= 0.6 is 0 Å². The fourth-order valence-corrected chi connectivity index (χ4v) is 4.76. The number of benzene rings is 1. The van der Waals surface area contributed by atoms with Gasteiger partial charge in [0.1, 0.15) is 19.1 Å². The zero-order valence-corrected chi connectivity index (χ0v) is 23.3. The van der Waals surface area contributed by atoms with Crippen LogP contribution in [0.3, 0.4) is 0 Å². The van der Waals surface area contributed by atoms with Gasteiger partial charge in [0.05, 0.1) is 19.3 Å². The van der Waals surface area contributed by atoms with Crippen molar-refractivity contribution in [3.63, 3.8) is 0 Å². The van der Waals surface area contributed by atoms with E-state index in [2.05, 4.69) is 0 Å². The van der Waals surface area contributed by atoms with Gasteiger partial charge < -0.3 is 29.0 Å². The number of hydrogen-bond acceptors (Lipinski definition) is 8. The molecule has 1 N–H and O–H groups in total. The number of halogens is 3. The highest BCUT2D eigenvalue weighted by Crippen LogP contribution is 2.31. The summed E-state index contributed by atoms with van der Waals surface area (Å²) >= 11 is 0. The van der Waals surface area contributed by atoms with Gasteiger partial charge in [-0.1, -0.05) is 30.3 Å². The quantitative estimate of drug-likeness (QED) is 0.349. The van der Waals surface area contributed by atoms with Gasteiger partial charge in [-0.3, -0.25) is 14.2 Å². The lowest BCUT2D eigenvalue weighted by atomic mass is 10.1. The lowest BCUT2D eigenvalue weighted by Gasteiger charge is -2.26. The molecule has 1 amide bonds. The van der Waals surface area contributed by atoms with E-state index in [4.69, 9.17) is 23.7 Å². The highest BCUT2D eigenvalue weighted by atomic mass is 19.4. The van der Waals surface area contributed by atoms with Crippen LogP contribution in [0.4, 0.5) is 13.2 Å². The lowest BCUT2D eigenvalue weighted by molar-refractivity contribution is -0.187. The molecule has 42 heavy (non-hydrogen) atoms. The molecule has 14 heteroatoms. The fourth-order valence-electron chi connectivity index (χ4n) is 4.76. The number of aryl methyl sites for hydroxylation is 1. The predicted molar refractivity (Wildman–Crippen MR) is 142 cm³/mol. The molecular weight excluding hydrogens is 563 g/mol. The first-order valence-electron chi connectivity index (χ1n) is 13.9. The van der Waals surface area contributed by atoms with Crippen LogP contribution < -0.4 is 16.6 Å². The summed E-state index contributed by atoms with van der Waals surface area (Å²) in [6.07, 6.45) is -2.91. The number of nitrogens with zero attached hydrogens (tertiary/aromatic N) is 2. The Morgan fingerprint density at radius 2 is 1.93 bits per heavy atom. The number of rotatable bonds is 13. The summed E-state index contributed by atoms with van der Waals surface area (Å²) < 4.78 is 68.8. The van der Waals surface area contributed by atoms with E-state index in [1.165, 1.54) is 10.8 Å². The number of ether oxygens (including phenoxy) is 5. The zero-order valence-electron chi connectivity index (χ0n) is 23.3. The summed E-state index contributed by atoms with van der Waals surface area (Å²) in [7, 11) is 0. The van der Waals surface area contributed by atoms with Crippen LogP contribution in [0.2, 0.25) is 0 Å². The second kappa shape index (κ2) is 14.9. The van der Waals surface area contributed by atoms with E-state index < -0.39 is 48.1 Å². The molecule has 0 saturated carbocycles. The van der Waals surface area contributed by atoms with Gasteiger partial charge in [-0.15, -0.1) is 0 Å². The number of aromatic nitrogens is 2. The molecule has 1 unspecified atom stereocenters. The van der Waals surface area contributed by atoms with E-state index in [-0.39, 0.29) is 45.9 Å². The number of carbonyl (C=O) groups is 1. The topological polar surface area (TPSA) is 119 Å². The van der Waals surface area contributed by atoms with E-state index in [0.29, 0.717) is 12.2 Å². The third-order valence-corrected chi connectivity index (χ3v) is 6.97. The summed E-state index contributed by atoms with van der Waals surface area (Å²) in [5.74, 6) is -2.01. The van der Waals surface area contributed by atoms with Gasteiger partial charge in [0, 0.05) is 37.9 Å². The molecule has 2 aromatic rings. The number of hydrogen-bond donors (Lipinski definition) is 1. The summed E-state index contributed by atoms with van der Waals surface area (Å²) in [4.78, 5) is 37.2. The van der Waals surface area contributed by atoms with Crippen molar-refractivity contribution < 1.29 is 41.7 Å². The molecule has 4 atom stereocenters. The number of nitrogens with one attached hydrogen (secondary N) is 1. The first-order chi connectivity index (χ1) is 20.1. The molecular formula is C28H36F3N3O8. The van der Waals surface area contributed by atoms with E-state index in [1.54, 1.807) is 6.92 Å². The molecule has 3 heterocycles. The van der Waals surface area contributed by atoms with Crippen molar-refractivity contribution in [2.24, 2.45) is 0 Å². The molecule has 2 aliphatic rings. The van der Waals surface area contributed by atoms with Gasteiger partial charge in [0.15, 0.2) is 6.29 Å². The van der Waals surface area contributed by atoms with Crippen molar-refractivity contribution in [3.05, 3.63) is 68.5 Å². The van der Waals surface area contributed by atoms with Crippen molar-refractivity contribution >= 4 is 5.91 Å². The minimum atomic E-state index is -4.95. The number of carbonyl (C=O) groups excluding carboxylic acids is 1. The SMILES string of the molecule is Cc1cn([C@H]2C[C@H](OCCCNC(=O)C(F)(F)F)[C@@H](COC3CCCCO3)O2)c(=O)n(COCc2ccccc2)c1=O. The fraction of sp³-hybridized carbons (Fsp3) is 0.607. The van der Waals surface area contributed by atoms with Crippen LogP contribution in [0.1, 0.15) is 49.5 Å². The van der Waals surface area contributed by atoms with Gasteiger partial charge in [0.2, 0.25) is 0 Å².